The lowest BCUT2D eigenvalue weighted by molar-refractivity contribution is 0.0710. The monoisotopic (exact) mass is 485 g/mol. The van der Waals surface area contributed by atoms with Gasteiger partial charge in [0.05, 0.1) is 12.2 Å². The molecule has 0 bridgehead atoms. The molecule has 1 aliphatic rings. The predicted molar refractivity (Wildman–Crippen MR) is 140 cm³/mol. The molecule has 3 heterocycles. The number of imidazole rings is 1. The Kier molecular flexibility index (Phi) is 7.11. The van der Waals surface area contributed by atoms with Crippen molar-refractivity contribution in [3.8, 4) is 22.5 Å². The number of nitrogens with zero attached hydrogens (tertiary/aromatic N) is 6. The molecule has 3 aromatic heterocycles. The van der Waals surface area contributed by atoms with Crippen molar-refractivity contribution in [1.29, 1.82) is 0 Å². The van der Waals surface area contributed by atoms with Gasteiger partial charge in [-0.3, -0.25) is 14.1 Å². The molecule has 1 aromatic carbocycles. The fourth-order valence-corrected chi connectivity index (χ4v) is 5.66. The van der Waals surface area contributed by atoms with Crippen LogP contribution in [-0.2, 0) is 13.0 Å². The summed E-state index contributed by atoms with van der Waals surface area (Å²) in [5.41, 5.74) is 4.96. The number of hydrogen-bond acceptors (Lipinski definition) is 5. The molecule has 0 radical (unpaired) electrons. The Morgan fingerprint density at radius 2 is 1.81 bits per heavy atom. The molecule has 2 unspecified atom stereocenters. The van der Waals surface area contributed by atoms with Crippen molar-refractivity contribution in [3.63, 3.8) is 0 Å². The van der Waals surface area contributed by atoms with Gasteiger partial charge in [-0.05, 0) is 47.9 Å². The van der Waals surface area contributed by atoms with E-state index in [0.717, 1.165) is 60.2 Å². The van der Waals surface area contributed by atoms with E-state index in [1.807, 2.05) is 45.7 Å². The molecule has 188 valence electrons. The molecule has 0 saturated heterocycles. The third-order valence-corrected chi connectivity index (χ3v) is 7.78. The molecule has 1 saturated carbocycles. The summed E-state index contributed by atoms with van der Waals surface area (Å²) in [4.78, 5) is 18.4. The molecule has 0 aliphatic heterocycles. The number of H-pyrrole nitrogens is 1. The molecule has 5 rings (SSSR count). The molecule has 8 nitrogen and oxygen atoms in total. The van der Waals surface area contributed by atoms with E-state index < -0.39 is 0 Å². The highest BCUT2D eigenvalue weighted by Crippen LogP contribution is 2.47. The van der Waals surface area contributed by atoms with Crippen LogP contribution in [0.15, 0.2) is 53.6 Å². The highest BCUT2D eigenvalue weighted by Gasteiger charge is 2.41. The summed E-state index contributed by atoms with van der Waals surface area (Å²) in [5.74, 6) is 1.74. The second-order valence-electron chi connectivity index (χ2n) is 9.88. The van der Waals surface area contributed by atoms with Gasteiger partial charge < -0.3 is 0 Å². The summed E-state index contributed by atoms with van der Waals surface area (Å²) in [5, 5.41) is 14.5. The minimum absolute atomic E-state index is 0.107. The highest BCUT2D eigenvalue weighted by atomic mass is 16.1. The number of aromatic amines is 1. The number of nitrogens with one attached hydrogen (secondary N) is 1. The zero-order valence-corrected chi connectivity index (χ0v) is 21.4. The van der Waals surface area contributed by atoms with E-state index in [0.29, 0.717) is 30.2 Å². The third-order valence-electron chi connectivity index (χ3n) is 7.78. The number of hydrogen-bond donors (Lipinski definition) is 1. The van der Waals surface area contributed by atoms with Crippen molar-refractivity contribution < 1.29 is 0 Å². The largest absolute Gasteiger partial charge is 0.328 e. The summed E-state index contributed by atoms with van der Waals surface area (Å²) in [6.07, 6.45) is 10.6. The average Bonchev–Trinajstić information content (AvgIpc) is 3.53. The van der Waals surface area contributed by atoms with Crippen molar-refractivity contribution in [2.75, 3.05) is 0 Å². The number of aromatic nitrogens is 7. The van der Waals surface area contributed by atoms with Crippen LogP contribution in [-0.4, -0.2) is 34.7 Å². The number of benzene rings is 1. The second kappa shape index (κ2) is 10.6. The Hall–Kier alpha value is -3.55. The Balaban J connectivity index is 1.44. The van der Waals surface area contributed by atoms with Gasteiger partial charge in [-0.1, -0.05) is 70.4 Å². The first kappa shape index (κ1) is 24.2. The van der Waals surface area contributed by atoms with Gasteiger partial charge in [-0.25, -0.2) is 4.79 Å². The first-order chi connectivity index (χ1) is 17.6. The van der Waals surface area contributed by atoms with Crippen LogP contribution in [0.5, 0.6) is 0 Å². The molecule has 0 amide bonds. The number of tetrazole rings is 1. The van der Waals surface area contributed by atoms with Crippen LogP contribution < -0.4 is 5.69 Å². The van der Waals surface area contributed by atoms with Crippen LogP contribution in [0.3, 0.4) is 0 Å². The van der Waals surface area contributed by atoms with Gasteiger partial charge in [0.2, 0.25) is 5.82 Å². The molecule has 1 N–H and O–H groups in total. The molecular formula is C28H35N7O. The fraction of sp³-hybridized carbons (Fsp3) is 0.464. The lowest BCUT2D eigenvalue weighted by Gasteiger charge is -2.44. The summed E-state index contributed by atoms with van der Waals surface area (Å²) >= 11 is 0. The van der Waals surface area contributed by atoms with Crippen molar-refractivity contribution in [2.24, 2.45) is 11.8 Å². The van der Waals surface area contributed by atoms with Gasteiger partial charge >= 0.3 is 5.69 Å². The lowest BCUT2D eigenvalue weighted by Crippen LogP contribution is -2.42. The summed E-state index contributed by atoms with van der Waals surface area (Å²) in [7, 11) is 0. The van der Waals surface area contributed by atoms with Crippen LogP contribution in [0.1, 0.15) is 70.3 Å². The molecule has 8 heteroatoms. The number of unbranched alkanes of at least 4 members (excludes halogenated alkanes) is 1. The van der Waals surface area contributed by atoms with Crippen LogP contribution in [0.4, 0.5) is 0 Å². The number of rotatable bonds is 10. The molecule has 4 aromatic rings. The van der Waals surface area contributed by atoms with E-state index in [1.165, 1.54) is 6.42 Å². The van der Waals surface area contributed by atoms with Crippen molar-refractivity contribution in [3.05, 3.63) is 70.7 Å². The Morgan fingerprint density at radius 3 is 2.44 bits per heavy atom. The Bertz CT molecular complexity index is 1330. The predicted octanol–water partition coefficient (Wildman–Crippen LogP) is 5.28. The van der Waals surface area contributed by atoms with E-state index in [-0.39, 0.29) is 5.69 Å². The van der Waals surface area contributed by atoms with Crippen molar-refractivity contribution in [2.45, 2.75) is 71.9 Å². The Labute approximate surface area is 211 Å². The third kappa shape index (κ3) is 4.52. The van der Waals surface area contributed by atoms with Gasteiger partial charge in [-0.2, -0.15) is 5.21 Å². The van der Waals surface area contributed by atoms with Gasteiger partial charge in [0.25, 0.3) is 0 Å². The zero-order chi connectivity index (χ0) is 25.1. The van der Waals surface area contributed by atoms with Crippen LogP contribution >= 0.6 is 0 Å². The first-order valence-electron chi connectivity index (χ1n) is 13.2. The molecule has 1 aliphatic carbocycles. The van der Waals surface area contributed by atoms with E-state index >= 15 is 0 Å². The molecule has 0 spiro atoms. The minimum atomic E-state index is 0.107. The fourth-order valence-electron chi connectivity index (χ4n) is 5.66. The van der Waals surface area contributed by atoms with E-state index in [2.05, 4.69) is 53.7 Å². The highest BCUT2D eigenvalue weighted by molar-refractivity contribution is 5.79. The smallest absolute Gasteiger partial charge is 0.295 e. The molecule has 1 fully saturated rings. The van der Waals surface area contributed by atoms with E-state index in [9.17, 15) is 4.79 Å². The maximum atomic E-state index is 13.7. The van der Waals surface area contributed by atoms with Gasteiger partial charge in [-0.15, -0.1) is 10.2 Å². The minimum Gasteiger partial charge on any atom is -0.295 e. The van der Waals surface area contributed by atoms with Crippen LogP contribution in [0.25, 0.3) is 22.5 Å². The second-order valence-corrected chi connectivity index (χ2v) is 9.88. The molecular weight excluding hydrogens is 450 g/mol. The number of pyridine rings is 1. The zero-order valence-electron chi connectivity index (χ0n) is 21.4. The molecule has 2 atom stereocenters. The maximum Gasteiger partial charge on any atom is 0.328 e. The normalized spacial score (nSPS) is 19.4. The van der Waals surface area contributed by atoms with Gasteiger partial charge in [0.1, 0.15) is 0 Å². The topological polar surface area (TPSA) is 94.3 Å². The van der Waals surface area contributed by atoms with E-state index in [4.69, 9.17) is 4.98 Å². The summed E-state index contributed by atoms with van der Waals surface area (Å²) < 4.78 is 4.00. The Morgan fingerprint density at radius 1 is 1.03 bits per heavy atom. The molecule has 36 heavy (non-hydrogen) atoms. The van der Waals surface area contributed by atoms with Crippen LogP contribution in [0.2, 0.25) is 0 Å². The SMILES string of the molecule is CCCCc1cn(C2C(CC)CC2CC)c(=O)n1Cc1ccc(-c2ccccc2-c2nn[nH]n2)cn1. The first-order valence-corrected chi connectivity index (χ1v) is 13.2. The lowest BCUT2D eigenvalue weighted by atomic mass is 9.67. The van der Waals surface area contributed by atoms with Crippen molar-refractivity contribution >= 4 is 0 Å². The number of aryl methyl sites for hydroxylation is 1. The van der Waals surface area contributed by atoms with E-state index in [1.54, 1.807) is 0 Å². The average molecular weight is 486 g/mol. The van der Waals surface area contributed by atoms with Gasteiger partial charge in [0, 0.05) is 35.3 Å². The van der Waals surface area contributed by atoms with Crippen LogP contribution in [0, 0.1) is 11.8 Å². The summed E-state index contributed by atoms with van der Waals surface area (Å²) in [6, 6.07) is 12.4. The quantitative estimate of drug-likeness (QED) is 0.330. The maximum absolute atomic E-state index is 13.7. The van der Waals surface area contributed by atoms with Crippen molar-refractivity contribution in [1.82, 2.24) is 34.7 Å². The standard InChI is InChI=1S/C28H35N7O/c1-4-7-10-23-18-35(26-19(5-2)15-20(26)6-3)28(36)34(23)17-22-14-13-21(16-29-22)24-11-8-9-12-25(24)27-30-32-33-31-27/h8-9,11-14,16,18-20,26H,4-7,10,15,17H2,1-3H3,(H,30,31,32,33). The van der Waals surface area contributed by atoms with Gasteiger partial charge in [0.15, 0.2) is 0 Å². The summed E-state index contributed by atoms with van der Waals surface area (Å²) in [6.45, 7) is 7.16.